The molecule has 0 radical (unpaired) electrons. The van der Waals surface area contributed by atoms with Crippen LogP contribution in [0.3, 0.4) is 0 Å². The number of rotatable bonds is 6. The van der Waals surface area contributed by atoms with E-state index in [1.165, 1.54) is 0 Å². The molecular formula is C12H18N2O3. The fourth-order valence-electron chi connectivity index (χ4n) is 1.20. The van der Waals surface area contributed by atoms with Gasteiger partial charge in [-0.3, -0.25) is 4.79 Å². The van der Waals surface area contributed by atoms with E-state index in [0.717, 1.165) is 6.42 Å². The van der Waals surface area contributed by atoms with Crippen molar-refractivity contribution >= 4 is 11.6 Å². The summed E-state index contributed by atoms with van der Waals surface area (Å²) < 4.78 is 5.43. The van der Waals surface area contributed by atoms with Gasteiger partial charge >= 0.3 is 0 Å². The normalized spacial score (nSPS) is 11.9. The van der Waals surface area contributed by atoms with E-state index in [1.54, 1.807) is 18.2 Å². The first-order chi connectivity index (χ1) is 8.17. The number of amides is 1. The van der Waals surface area contributed by atoms with Gasteiger partial charge in [-0.2, -0.15) is 0 Å². The number of nitrogens with two attached hydrogens (primary N) is 1. The maximum atomic E-state index is 11.4. The second-order valence-corrected chi connectivity index (χ2v) is 3.65. The number of anilines is 1. The number of carbonyl (C=O) groups excluding carboxylic acids is 1. The highest BCUT2D eigenvalue weighted by Crippen LogP contribution is 2.17. The van der Waals surface area contributed by atoms with Crippen molar-refractivity contribution in [3.63, 3.8) is 0 Å². The topological polar surface area (TPSA) is 84.6 Å². The number of aliphatic hydroxyl groups is 1. The van der Waals surface area contributed by atoms with Crippen molar-refractivity contribution in [2.75, 3.05) is 18.5 Å². The van der Waals surface area contributed by atoms with Crippen molar-refractivity contribution in [1.82, 2.24) is 0 Å². The summed E-state index contributed by atoms with van der Waals surface area (Å²) in [6.45, 7) is 2.28. The third kappa shape index (κ3) is 4.42. The number of ether oxygens (including phenoxy) is 1. The molecule has 0 heterocycles. The standard InChI is InChI=1S/C12H18N2O3/c1-2-6-17-10-5-3-4-9(7-10)14-12(16)11(13)8-15/h3-5,7,11,15H,2,6,8,13H2,1H3,(H,14,16). The van der Waals surface area contributed by atoms with E-state index in [1.807, 2.05) is 13.0 Å². The third-order valence-corrected chi connectivity index (χ3v) is 2.11. The zero-order chi connectivity index (χ0) is 12.7. The average Bonchev–Trinajstić information content (AvgIpc) is 2.35. The number of benzene rings is 1. The molecule has 5 nitrogen and oxygen atoms in total. The summed E-state index contributed by atoms with van der Waals surface area (Å²) in [5.41, 5.74) is 5.99. The van der Waals surface area contributed by atoms with Crippen LogP contribution in [0.2, 0.25) is 0 Å². The molecule has 1 aromatic carbocycles. The Labute approximate surface area is 101 Å². The first-order valence-corrected chi connectivity index (χ1v) is 5.57. The van der Waals surface area contributed by atoms with Crippen LogP contribution in [0.4, 0.5) is 5.69 Å². The monoisotopic (exact) mass is 238 g/mol. The lowest BCUT2D eigenvalue weighted by molar-refractivity contribution is -0.118. The van der Waals surface area contributed by atoms with Gasteiger partial charge in [0.2, 0.25) is 5.91 Å². The Bertz CT molecular complexity index is 369. The number of carbonyl (C=O) groups is 1. The van der Waals surface area contributed by atoms with Gasteiger partial charge in [0, 0.05) is 11.8 Å². The molecule has 0 spiro atoms. The molecule has 0 aliphatic carbocycles. The number of hydrogen-bond donors (Lipinski definition) is 3. The van der Waals surface area contributed by atoms with Gasteiger partial charge in [0.25, 0.3) is 0 Å². The highest BCUT2D eigenvalue weighted by atomic mass is 16.5. The van der Waals surface area contributed by atoms with Gasteiger partial charge in [0.1, 0.15) is 11.8 Å². The van der Waals surface area contributed by atoms with Crippen molar-refractivity contribution in [1.29, 1.82) is 0 Å². The molecule has 0 bridgehead atoms. The zero-order valence-corrected chi connectivity index (χ0v) is 9.85. The van der Waals surface area contributed by atoms with Crippen molar-refractivity contribution < 1.29 is 14.6 Å². The van der Waals surface area contributed by atoms with Crippen molar-refractivity contribution in [2.24, 2.45) is 5.73 Å². The molecule has 0 saturated heterocycles. The van der Waals surface area contributed by atoms with Gasteiger partial charge in [-0.1, -0.05) is 13.0 Å². The van der Waals surface area contributed by atoms with Gasteiger partial charge in [-0.25, -0.2) is 0 Å². The quantitative estimate of drug-likeness (QED) is 0.682. The molecule has 1 amide bonds. The maximum absolute atomic E-state index is 11.4. The summed E-state index contributed by atoms with van der Waals surface area (Å²) in [5, 5.41) is 11.3. The van der Waals surface area contributed by atoms with Gasteiger partial charge in [0.05, 0.1) is 13.2 Å². The lowest BCUT2D eigenvalue weighted by atomic mass is 10.2. The molecule has 1 unspecified atom stereocenters. The van der Waals surface area contributed by atoms with E-state index in [0.29, 0.717) is 18.0 Å². The van der Waals surface area contributed by atoms with E-state index in [2.05, 4.69) is 5.32 Å². The summed E-state index contributed by atoms with van der Waals surface area (Å²) in [7, 11) is 0. The number of nitrogens with one attached hydrogen (secondary N) is 1. The molecule has 0 aromatic heterocycles. The second-order valence-electron chi connectivity index (χ2n) is 3.65. The molecule has 0 fully saturated rings. The molecule has 0 saturated carbocycles. The summed E-state index contributed by atoms with van der Waals surface area (Å²) in [4.78, 5) is 11.4. The van der Waals surface area contributed by atoms with Gasteiger partial charge in [-0.15, -0.1) is 0 Å². The van der Waals surface area contributed by atoms with Gasteiger partial charge < -0.3 is 20.9 Å². The fourth-order valence-corrected chi connectivity index (χ4v) is 1.20. The van der Waals surface area contributed by atoms with Crippen molar-refractivity contribution in [2.45, 2.75) is 19.4 Å². The van der Waals surface area contributed by atoms with Crippen LogP contribution in [0.1, 0.15) is 13.3 Å². The third-order valence-electron chi connectivity index (χ3n) is 2.11. The van der Waals surface area contributed by atoms with Gasteiger partial charge in [0.15, 0.2) is 0 Å². The highest BCUT2D eigenvalue weighted by molar-refractivity contribution is 5.94. The number of aliphatic hydroxyl groups excluding tert-OH is 1. The van der Waals surface area contributed by atoms with E-state index in [-0.39, 0.29) is 6.61 Å². The van der Waals surface area contributed by atoms with Crippen molar-refractivity contribution in [3.05, 3.63) is 24.3 Å². The van der Waals surface area contributed by atoms with Crippen LogP contribution < -0.4 is 15.8 Å². The molecular weight excluding hydrogens is 220 g/mol. The molecule has 0 aliphatic rings. The van der Waals surface area contributed by atoms with Crippen LogP contribution in [0.5, 0.6) is 5.75 Å². The average molecular weight is 238 g/mol. The Hall–Kier alpha value is -1.59. The summed E-state index contributed by atoms with van der Waals surface area (Å²) in [6, 6.07) is 6.15. The predicted octanol–water partition coefficient (Wildman–Crippen LogP) is 0.733. The van der Waals surface area contributed by atoms with Crippen LogP contribution in [0, 0.1) is 0 Å². The summed E-state index contributed by atoms with van der Waals surface area (Å²) in [6.07, 6.45) is 0.923. The zero-order valence-electron chi connectivity index (χ0n) is 9.85. The first kappa shape index (κ1) is 13.5. The highest BCUT2D eigenvalue weighted by Gasteiger charge is 2.11. The minimum Gasteiger partial charge on any atom is -0.494 e. The fraction of sp³-hybridized carbons (Fsp3) is 0.417. The van der Waals surface area contributed by atoms with E-state index in [4.69, 9.17) is 15.6 Å². The Morgan fingerprint density at radius 2 is 2.35 bits per heavy atom. The molecule has 1 atom stereocenters. The molecule has 94 valence electrons. The van der Waals surface area contributed by atoms with Gasteiger partial charge in [-0.05, 0) is 18.6 Å². The molecule has 1 aromatic rings. The Morgan fingerprint density at radius 3 is 3.00 bits per heavy atom. The Balaban J connectivity index is 2.62. The second kappa shape index (κ2) is 6.88. The Kier molecular flexibility index (Phi) is 5.45. The molecule has 5 heteroatoms. The SMILES string of the molecule is CCCOc1cccc(NC(=O)C(N)CO)c1. The molecule has 1 rings (SSSR count). The minimum atomic E-state index is -0.907. The largest absolute Gasteiger partial charge is 0.494 e. The molecule has 0 aliphatic heterocycles. The molecule has 4 N–H and O–H groups in total. The van der Waals surface area contributed by atoms with Crippen LogP contribution in [0.25, 0.3) is 0 Å². The van der Waals surface area contributed by atoms with Crippen molar-refractivity contribution in [3.8, 4) is 5.75 Å². The maximum Gasteiger partial charge on any atom is 0.243 e. The smallest absolute Gasteiger partial charge is 0.243 e. The van der Waals surface area contributed by atoms with E-state index in [9.17, 15) is 4.79 Å². The minimum absolute atomic E-state index is 0.377. The first-order valence-electron chi connectivity index (χ1n) is 5.57. The lowest BCUT2D eigenvalue weighted by Crippen LogP contribution is -2.38. The summed E-state index contributed by atoms with van der Waals surface area (Å²) in [5.74, 6) is 0.280. The van der Waals surface area contributed by atoms with Crippen LogP contribution in [-0.2, 0) is 4.79 Å². The summed E-state index contributed by atoms with van der Waals surface area (Å²) >= 11 is 0. The molecule has 17 heavy (non-hydrogen) atoms. The van der Waals surface area contributed by atoms with E-state index < -0.39 is 11.9 Å². The van der Waals surface area contributed by atoms with E-state index >= 15 is 0 Å². The number of hydrogen-bond acceptors (Lipinski definition) is 4. The van der Waals surface area contributed by atoms with Crippen LogP contribution in [0.15, 0.2) is 24.3 Å². The predicted molar refractivity (Wildman–Crippen MR) is 65.9 cm³/mol. The van der Waals surface area contributed by atoms with Crippen LogP contribution >= 0.6 is 0 Å². The Morgan fingerprint density at radius 1 is 1.59 bits per heavy atom. The van der Waals surface area contributed by atoms with Crippen LogP contribution in [-0.4, -0.2) is 30.3 Å². The lowest BCUT2D eigenvalue weighted by Gasteiger charge is -2.11.